The van der Waals surface area contributed by atoms with Crippen molar-refractivity contribution in [3.63, 3.8) is 0 Å². The molecule has 3 aromatic carbocycles. The van der Waals surface area contributed by atoms with Crippen molar-refractivity contribution in [1.82, 2.24) is 4.40 Å². The van der Waals surface area contributed by atoms with Gasteiger partial charge in [0.1, 0.15) is 5.69 Å². The number of para-hydroxylation sites is 1. The molecule has 8 heteroatoms. The van der Waals surface area contributed by atoms with Gasteiger partial charge in [-0.1, -0.05) is 59.6 Å². The summed E-state index contributed by atoms with van der Waals surface area (Å²) in [6.45, 7) is 0. The predicted octanol–water partition coefficient (Wildman–Crippen LogP) is 6.97. The van der Waals surface area contributed by atoms with E-state index < -0.39 is 15.8 Å². The van der Waals surface area contributed by atoms with Crippen molar-refractivity contribution in [1.29, 1.82) is 0 Å². The summed E-state index contributed by atoms with van der Waals surface area (Å²) in [7, 11) is -2.47. The van der Waals surface area contributed by atoms with Crippen molar-refractivity contribution in [3.05, 3.63) is 125 Å². The molecule has 5 nitrogen and oxygen atoms in total. The van der Waals surface area contributed by atoms with Crippen LogP contribution in [0.3, 0.4) is 0 Å². The van der Waals surface area contributed by atoms with Crippen LogP contribution in [-0.4, -0.2) is 25.6 Å². The predicted molar refractivity (Wildman–Crippen MR) is 145 cm³/mol. The first-order valence-corrected chi connectivity index (χ1v) is 13.2. The molecule has 0 N–H and O–H groups in total. The molecule has 0 atom stereocenters. The topological polar surface area (TPSA) is 58.9 Å². The standard InChI is InChI=1S/C28H20Cl2N2O3S/c1-31(21-7-3-2-4-8-21)36(34,35)23-14-15-26(30)25(18-23)28(33)27-24(19-10-12-20(29)13-11-19)17-22-9-5-6-16-32(22)27/h2-18H,1H3. The van der Waals surface area contributed by atoms with E-state index in [1.54, 1.807) is 47.0 Å². The third-order valence-corrected chi connectivity index (χ3v) is 8.37. The Morgan fingerprint density at radius 3 is 2.25 bits per heavy atom. The molecule has 0 unspecified atom stereocenters. The van der Waals surface area contributed by atoms with Crippen LogP contribution in [0, 0.1) is 0 Å². The fourth-order valence-electron chi connectivity index (χ4n) is 4.11. The maximum atomic E-state index is 14.0. The first kappa shape index (κ1) is 24.1. The Balaban J connectivity index is 1.65. The highest BCUT2D eigenvalue weighted by Gasteiger charge is 2.26. The van der Waals surface area contributed by atoms with Crippen LogP contribution < -0.4 is 4.31 Å². The normalized spacial score (nSPS) is 11.5. The minimum atomic E-state index is -3.94. The molecular weight excluding hydrogens is 515 g/mol. The molecule has 0 radical (unpaired) electrons. The third kappa shape index (κ3) is 4.28. The van der Waals surface area contributed by atoms with Gasteiger partial charge in [-0.05, 0) is 66.2 Å². The van der Waals surface area contributed by atoms with Gasteiger partial charge in [0.2, 0.25) is 5.78 Å². The Kier molecular flexibility index (Phi) is 6.35. The Bertz CT molecular complexity index is 1700. The van der Waals surface area contributed by atoms with Crippen LogP contribution in [0.25, 0.3) is 16.6 Å². The van der Waals surface area contributed by atoms with Crippen molar-refractivity contribution in [2.45, 2.75) is 4.90 Å². The highest BCUT2D eigenvalue weighted by atomic mass is 35.5. The fourth-order valence-corrected chi connectivity index (χ4v) is 5.66. The van der Waals surface area contributed by atoms with Gasteiger partial charge in [-0.3, -0.25) is 9.10 Å². The summed E-state index contributed by atoms with van der Waals surface area (Å²) >= 11 is 12.5. The summed E-state index contributed by atoms with van der Waals surface area (Å²) in [5.74, 6) is -0.393. The summed E-state index contributed by atoms with van der Waals surface area (Å²) in [4.78, 5) is 14.0. The summed E-state index contributed by atoms with van der Waals surface area (Å²) < 4.78 is 29.7. The minimum absolute atomic E-state index is 0.0319. The maximum Gasteiger partial charge on any atom is 0.264 e. The summed E-state index contributed by atoms with van der Waals surface area (Å²) in [5, 5.41) is 0.744. The van der Waals surface area contributed by atoms with Crippen LogP contribution in [0.4, 0.5) is 5.69 Å². The van der Waals surface area contributed by atoms with Crippen LogP contribution in [0.5, 0.6) is 0 Å². The Hall–Kier alpha value is -3.58. The largest absolute Gasteiger partial charge is 0.313 e. The molecule has 180 valence electrons. The van der Waals surface area contributed by atoms with Gasteiger partial charge in [-0.15, -0.1) is 0 Å². The van der Waals surface area contributed by atoms with E-state index in [9.17, 15) is 13.2 Å². The summed E-state index contributed by atoms with van der Waals surface area (Å²) in [5.41, 5.74) is 3.28. The number of hydrogen-bond donors (Lipinski definition) is 0. The molecule has 0 saturated heterocycles. The summed E-state index contributed by atoms with van der Waals surface area (Å²) in [6.07, 6.45) is 1.79. The van der Waals surface area contributed by atoms with E-state index in [-0.39, 0.29) is 15.5 Å². The number of fused-ring (bicyclic) bond motifs is 1. The van der Waals surface area contributed by atoms with Gasteiger partial charge in [0.05, 0.1) is 15.6 Å². The minimum Gasteiger partial charge on any atom is -0.313 e. The third-order valence-electron chi connectivity index (χ3n) is 6.01. The zero-order chi connectivity index (χ0) is 25.4. The van der Waals surface area contributed by atoms with E-state index in [0.717, 1.165) is 11.1 Å². The lowest BCUT2D eigenvalue weighted by Crippen LogP contribution is -2.26. The molecule has 2 aromatic heterocycles. The second kappa shape index (κ2) is 9.47. The number of halogens is 2. The quantitative estimate of drug-likeness (QED) is 0.221. The molecule has 0 fully saturated rings. The maximum absolute atomic E-state index is 14.0. The molecule has 0 bridgehead atoms. The van der Waals surface area contributed by atoms with Gasteiger partial charge in [0.15, 0.2) is 0 Å². The highest BCUT2D eigenvalue weighted by Crippen LogP contribution is 2.33. The summed E-state index contributed by atoms with van der Waals surface area (Å²) in [6, 6.07) is 27.6. The van der Waals surface area contributed by atoms with E-state index in [1.165, 1.54) is 29.6 Å². The monoisotopic (exact) mass is 534 g/mol. The molecule has 0 aliphatic heterocycles. The average Bonchev–Trinajstić information content (AvgIpc) is 3.28. The van der Waals surface area contributed by atoms with E-state index in [4.69, 9.17) is 23.2 Å². The lowest BCUT2D eigenvalue weighted by atomic mass is 10.0. The van der Waals surface area contributed by atoms with E-state index >= 15 is 0 Å². The van der Waals surface area contributed by atoms with Crippen molar-refractivity contribution in [2.24, 2.45) is 0 Å². The molecule has 0 aliphatic rings. The van der Waals surface area contributed by atoms with Crippen LogP contribution in [0.1, 0.15) is 16.1 Å². The first-order chi connectivity index (χ1) is 17.3. The van der Waals surface area contributed by atoms with Crippen molar-refractivity contribution in [2.75, 3.05) is 11.4 Å². The molecular formula is C28H20Cl2N2O3S. The Morgan fingerprint density at radius 1 is 0.833 bits per heavy atom. The zero-order valence-corrected chi connectivity index (χ0v) is 21.4. The number of carbonyl (C=O) groups is 1. The molecule has 0 aliphatic carbocycles. The number of benzene rings is 3. The molecule has 2 heterocycles. The van der Waals surface area contributed by atoms with Crippen LogP contribution in [-0.2, 0) is 10.0 Å². The number of nitrogens with zero attached hydrogens (tertiary/aromatic N) is 2. The highest BCUT2D eigenvalue weighted by molar-refractivity contribution is 7.92. The van der Waals surface area contributed by atoms with Gasteiger partial charge < -0.3 is 4.40 Å². The number of hydrogen-bond acceptors (Lipinski definition) is 3. The smallest absolute Gasteiger partial charge is 0.264 e. The van der Waals surface area contributed by atoms with Crippen LogP contribution in [0.2, 0.25) is 10.0 Å². The van der Waals surface area contributed by atoms with Crippen LogP contribution in [0.15, 0.2) is 108 Å². The van der Waals surface area contributed by atoms with Crippen molar-refractivity contribution in [3.8, 4) is 11.1 Å². The number of sulfonamides is 1. The second-order valence-corrected chi connectivity index (χ2v) is 11.0. The van der Waals surface area contributed by atoms with Gasteiger partial charge >= 0.3 is 0 Å². The zero-order valence-electron chi connectivity index (χ0n) is 19.1. The van der Waals surface area contributed by atoms with Gasteiger partial charge in [-0.25, -0.2) is 8.42 Å². The van der Waals surface area contributed by atoms with E-state index in [2.05, 4.69) is 0 Å². The molecule has 5 rings (SSSR count). The van der Waals surface area contributed by atoms with E-state index in [0.29, 0.717) is 22.0 Å². The number of ketones is 1. The average molecular weight is 535 g/mol. The molecule has 0 amide bonds. The molecule has 5 aromatic rings. The number of pyridine rings is 1. The number of aromatic nitrogens is 1. The number of rotatable bonds is 6. The first-order valence-electron chi connectivity index (χ1n) is 11.0. The van der Waals surface area contributed by atoms with Crippen LogP contribution >= 0.6 is 23.2 Å². The van der Waals surface area contributed by atoms with E-state index in [1.807, 2.05) is 42.5 Å². The number of carbonyl (C=O) groups excluding carboxylic acids is 1. The molecule has 36 heavy (non-hydrogen) atoms. The Labute approximate surface area is 219 Å². The number of anilines is 1. The van der Waals surface area contributed by atoms with Gasteiger partial charge in [0, 0.05) is 34.9 Å². The molecule has 0 saturated carbocycles. The molecule has 0 spiro atoms. The Morgan fingerprint density at radius 2 is 1.53 bits per heavy atom. The lowest BCUT2D eigenvalue weighted by Gasteiger charge is -2.20. The van der Waals surface area contributed by atoms with Crippen molar-refractivity contribution >= 4 is 50.2 Å². The lowest BCUT2D eigenvalue weighted by molar-refractivity contribution is 0.103. The van der Waals surface area contributed by atoms with Gasteiger partial charge in [0.25, 0.3) is 10.0 Å². The second-order valence-electron chi connectivity index (χ2n) is 8.19. The fraction of sp³-hybridized carbons (Fsp3) is 0.0357. The van der Waals surface area contributed by atoms with Crippen molar-refractivity contribution < 1.29 is 13.2 Å². The SMILES string of the molecule is CN(c1ccccc1)S(=O)(=O)c1ccc(Cl)c(C(=O)c2c(-c3ccc(Cl)cc3)cc3ccccn23)c1. The van der Waals surface area contributed by atoms with Gasteiger partial charge in [-0.2, -0.15) is 0 Å².